The molecule has 0 saturated carbocycles. The third-order valence-electron chi connectivity index (χ3n) is 2.81. The van der Waals surface area contributed by atoms with Gasteiger partial charge in [-0.2, -0.15) is 5.10 Å². The number of fused-ring (bicyclic) bond motifs is 1. The van der Waals surface area contributed by atoms with Crippen LogP contribution in [0.3, 0.4) is 0 Å². The van der Waals surface area contributed by atoms with E-state index in [1.54, 1.807) is 23.1 Å². The van der Waals surface area contributed by atoms with Gasteiger partial charge in [-0.05, 0) is 12.3 Å². The van der Waals surface area contributed by atoms with Crippen molar-refractivity contribution in [3.8, 4) is 0 Å². The number of amides is 1. The topological polar surface area (TPSA) is 79.5 Å². The van der Waals surface area contributed by atoms with Gasteiger partial charge in [-0.25, -0.2) is 4.52 Å². The van der Waals surface area contributed by atoms with Gasteiger partial charge in [-0.15, -0.1) is 0 Å². The van der Waals surface area contributed by atoms with Crippen molar-refractivity contribution in [2.45, 2.75) is 26.4 Å². The molecular weight excluding hydrogens is 244 g/mol. The van der Waals surface area contributed by atoms with Gasteiger partial charge in [-0.3, -0.25) is 9.78 Å². The third kappa shape index (κ3) is 3.29. The van der Waals surface area contributed by atoms with Gasteiger partial charge >= 0.3 is 0 Å². The molecule has 0 aliphatic rings. The highest BCUT2D eigenvalue weighted by molar-refractivity contribution is 6.00. The number of rotatable bonds is 5. The summed E-state index contributed by atoms with van der Waals surface area (Å²) in [5, 5.41) is 16.5. The lowest BCUT2D eigenvalue weighted by Gasteiger charge is -2.13. The molecule has 0 bridgehead atoms. The minimum atomic E-state index is -0.524. The molecule has 0 aliphatic carbocycles. The maximum atomic E-state index is 12.0. The molecule has 0 aliphatic heterocycles. The first-order valence-corrected chi connectivity index (χ1v) is 6.31. The molecule has 1 atom stereocenters. The van der Waals surface area contributed by atoms with Crippen molar-refractivity contribution in [2.75, 3.05) is 6.54 Å². The normalized spacial score (nSPS) is 12.8. The van der Waals surface area contributed by atoms with Crippen molar-refractivity contribution in [2.24, 2.45) is 5.92 Å². The van der Waals surface area contributed by atoms with Crippen molar-refractivity contribution in [3.05, 3.63) is 30.4 Å². The monoisotopic (exact) mass is 262 g/mol. The number of aliphatic hydroxyl groups excluding tert-OH is 1. The largest absolute Gasteiger partial charge is 0.391 e. The summed E-state index contributed by atoms with van der Waals surface area (Å²) in [7, 11) is 0. The van der Waals surface area contributed by atoms with Crippen LogP contribution in [0.1, 0.15) is 30.6 Å². The molecule has 0 radical (unpaired) electrons. The Morgan fingerprint density at radius 1 is 1.47 bits per heavy atom. The Labute approximate surface area is 111 Å². The van der Waals surface area contributed by atoms with Crippen molar-refractivity contribution in [3.63, 3.8) is 0 Å². The Morgan fingerprint density at radius 3 is 3.00 bits per heavy atom. The fourth-order valence-corrected chi connectivity index (χ4v) is 1.94. The van der Waals surface area contributed by atoms with E-state index in [0.717, 1.165) is 0 Å². The van der Waals surface area contributed by atoms with E-state index in [-0.39, 0.29) is 12.5 Å². The van der Waals surface area contributed by atoms with Gasteiger partial charge in [0, 0.05) is 18.9 Å². The molecule has 2 rings (SSSR count). The minimum absolute atomic E-state index is 0.245. The highest BCUT2D eigenvalue weighted by atomic mass is 16.3. The zero-order valence-electron chi connectivity index (χ0n) is 11.1. The lowest BCUT2D eigenvalue weighted by Crippen LogP contribution is -2.32. The molecule has 1 unspecified atom stereocenters. The van der Waals surface area contributed by atoms with Crippen LogP contribution in [-0.2, 0) is 0 Å². The first-order chi connectivity index (χ1) is 9.08. The Hall–Kier alpha value is -1.95. The van der Waals surface area contributed by atoms with Gasteiger partial charge in [0.2, 0.25) is 0 Å². The second kappa shape index (κ2) is 5.79. The molecule has 19 heavy (non-hydrogen) atoms. The zero-order chi connectivity index (χ0) is 13.8. The fraction of sp³-hybridized carbons (Fsp3) is 0.462. The van der Waals surface area contributed by atoms with E-state index in [0.29, 0.717) is 23.4 Å². The van der Waals surface area contributed by atoms with E-state index in [1.165, 1.54) is 6.20 Å². The van der Waals surface area contributed by atoms with Crippen molar-refractivity contribution >= 4 is 11.4 Å². The average molecular weight is 262 g/mol. The summed E-state index contributed by atoms with van der Waals surface area (Å²) in [6.45, 7) is 4.30. The Balaban J connectivity index is 2.00. The number of nitrogens with one attached hydrogen (secondary N) is 1. The second-order valence-electron chi connectivity index (χ2n) is 4.96. The fourth-order valence-electron chi connectivity index (χ4n) is 1.94. The summed E-state index contributed by atoms with van der Waals surface area (Å²) in [5.74, 6) is 0.152. The lowest BCUT2D eigenvalue weighted by molar-refractivity contribution is 0.0902. The molecular formula is C13H18N4O2. The molecule has 102 valence electrons. The number of aromatic nitrogens is 3. The molecule has 0 fully saturated rings. The second-order valence-corrected chi connectivity index (χ2v) is 4.96. The van der Waals surface area contributed by atoms with Crippen molar-refractivity contribution in [1.29, 1.82) is 0 Å². The average Bonchev–Trinajstić information content (AvgIpc) is 2.79. The molecule has 2 N–H and O–H groups in total. The van der Waals surface area contributed by atoms with Gasteiger partial charge < -0.3 is 10.4 Å². The van der Waals surface area contributed by atoms with Crippen LogP contribution in [0.15, 0.2) is 24.8 Å². The summed E-state index contributed by atoms with van der Waals surface area (Å²) >= 11 is 0. The van der Waals surface area contributed by atoms with Crippen LogP contribution in [-0.4, -0.2) is 38.3 Å². The predicted molar refractivity (Wildman–Crippen MR) is 70.8 cm³/mol. The summed E-state index contributed by atoms with van der Waals surface area (Å²) in [5.41, 5.74) is 1.11. The number of nitrogens with zero attached hydrogens (tertiary/aromatic N) is 3. The molecule has 0 spiro atoms. The summed E-state index contributed by atoms with van der Waals surface area (Å²) < 4.78 is 1.59. The van der Waals surface area contributed by atoms with Crippen molar-refractivity contribution < 1.29 is 9.90 Å². The molecule has 6 heteroatoms. The number of carbonyl (C=O) groups is 1. The zero-order valence-corrected chi connectivity index (χ0v) is 11.1. The first kappa shape index (κ1) is 13.5. The standard InChI is InChI=1S/C13H18N4O2/c1-9(2)5-10(18)6-15-13(19)11-7-16-17-4-3-14-8-12(11)17/h3-4,7-10,18H,5-6H2,1-2H3,(H,15,19). The van der Waals surface area contributed by atoms with Gasteiger partial charge in [-0.1, -0.05) is 13.8 Å². The van der Waals surface area contributed by atoms with Crippen LogP contribution in [0, 0.1) is 5.92 Å². The van der Waals surface area contributed by atoms with E-state index < -0.39 is 6.10 Å². The Bertz CT molecular complexity index is 565. The number of aliphatic hydroxyl groups is 1. The van der Waals surface area contributed by atoms with Gasteiger partial charge in [0.25, 0.3) is 5.91 Å². The molecule has 0 aromatic carbocycles. The molecule has 2 heterocycles. The summed E-state index contributed by atoms with van der Waals surface area (Å²) in [6.07, 6.45) is 6.52. The molecule has 2 aromatic rings. The quantitative estimate of drug-likeness (QED) is 0.837. The minimum Gasteiger partial charge on any atom is -0.391 e. The highest BCUT2D eigenvalue weighted by Crippen LogP contribution is 2.09. The van der Waals surface area contributed by atoms with Crippen LogP contribution in [0.4, 0.5) is 0 Å². The third-order valence-corrected chi connectivity index (χ3v) is 2.81. The number of carbonyl (C=O) groups excluding carboxylic acids is 1. The van der Waals surface area contributed by atoms with Crippen LogP contribution in [0.5, 0.6) is 0 Å². The highest BCUT2D eigenvalue weighted by Gasteiger charge is 2.14. The lowest BCUT2D eigenvalue weighted by atomic mass is 10.1. The van der Waals surface area contributed by atoms with Crippen LogP contribution in [0.25, 0.3) is 5.52 Å². The molecule has 2 aromatic heterocycles. The molecule has 6 nitrogen and oxygen atoms in total. The Morgan fingerprint density at radius 2 is 2.26 bits per heavy atom. The predicted octanol–water partition coefficient (Wildman–Crippen LogP) is 0.866. The van der Waals surface area contributed by atoms with E-state index in [9.17, 15) is 9.90 Å². The van der Waals surface area contributed by atoms with Gasteiger partial charge in [0.15, 0.2) is 0 Å². The van der Waals surface area contributed by atoms with Crippen LogP contribution < -0.4 is 5.32 Å². The smallest absolute Gasteiger partial charge is 0.255 e. The van der Waals surface area contributed by atoms with Gasteiger partial charge in [0.1, 0.15) is 0 Å². The number of hydrogen-bond acceptors (Lipinski definition) is 4. The van der Waals surface area contributed by atoms with Gasteiger partial charge in [0.05, 0.1) is 29.6 Å². The summed E-state index contributed by atoms with van der Waals surface area (Å²) in [6, 6.07) is 0. The molecule has 0 saturated heterocycles. The van der Waals surface area contributed by atoms with Crippen LogP contribution in [0.2, 0.25) is 0 Å². The van der Waals surface area contributed by atoms with E-state index in [1.807, 2.05) is 13.8 Å². The maximum Gasteiger partial charge on any atom is 0.255 e. The van der Waals surface area contributed by atoms with E-state index >= 15 is 0 Å². The maximum absolute atomic E-state index is 12.0. The number of hydrogen-bond donors (Lipinski definition) is 2. The Kier molecular flexibility index (Phi) is 4.11. The molecule has 1 amide bonds. The van der Waals surface area contributed by atoms with E-state index in [2.05, 4.69) is 15.4 Å². The van der Waals surface area contributed by atoms with E-state index in [4.69, 9.17) is 0 Å². The van der Waals surface area contributed by atoms with Crippen LogP contribution >= 0.6 is 0 Å². The van der Waals surface area contributed by atoms with Crippen molar-refractivity contribution in [1.82, 2.24) is 19.9 Å². The summed E-state index contributed by atoms with van der Waals surface area (Å²) in [4.78, 5) is 16.0. The first-order valence-electron chi connectivity index (χ1n) is 6.31. The SMILES string of the molecule is CC(C)CC(O)CNC(=O)c1cnn2ccncc12.